The van der Waals surface area contributed by atoms with Gasteiger partial charge in [-0.25, -0.2) is 9.37 Å². The van der Waals surface area contributed by atoms with Crippen LogP contribution in [0.15, 0.2) is 24.4 Å². The number of aryl methyl sites for hydroxylation is 1. The lowest BCUT2D eigenvalue weighted by Crippen LogP contribution is -2.05. The number of H-pyrrole nitrogens is 1. The summed E-state index contributed by atoms with van der Waals surface area (Å²) in [6.07, 6.45) is 2.68. The molecule has 1 unspecified atom stereocenters. The molecule has 0 fully saturated rings. The molecule has 3 nitrogen and oxygen atoms in total. The summed E-state index contributed by atoms with van der Waals surface area (Å²) in [5.74, 6) is 1.05. The number of hydrogen-bond acceptors (Lipinski definition) is 2. The molecule has 0 aliphatic heterocycles. The van der Waals surface area contributed by atoms with Gasteiger partial charge in [-0.05, 0) is 43.7 Å². The van der Waals surface area contributed by atoms with E-state index in [1.807, 2.05) is 6.07 Å². The van der Waals surface area contributed by atoms with Crippen molar-refractivity contribution in [3.05, 3.63) is 41.6 Å². The van der Waals surface area contributed by atoms with Crippen LogP contribution in [0, 0.1) is 12.7 Å². The summed E-state index contributed by atoms with van der Waals surface area (Å²) >= 11 is 0. The van der Waals surface area contributed by atoms with Gasteiger partial charge in [0.25, 0.3) is 0 Å². The van der Waals surface area contributed by atoms with Gasteiger partial charge >= 0.3 is 0 Å². The van der Waals surface area contributed by atoms with Gasteiger partial charge in [-0.2, -0.15) is 0 Å². The van der Waals surface area contributed by atoms with Crippen LogP contribution >= 0.6 is 0 Å². The number of aromatic nitrogens is 2. The Labute approximate surface area is 106 Å². The van der Waals surface area contributed by atoms with Gasteiger partial charge in [0, 0.05) is 11.5 Å². The lowest BCUT2D eigenvalue weighted by Gasteiger charge is -2.06. The Morgan fingerprint density at radius 2 is 2.22 bits per heavy atom. The van der Waals surface area contributed by atoms with Crippen molar-refractivity contribution >= 4 is 0 Å². The SMILES string of the molecule is Cc1cc(-c2cnc(C(C)CCN)[nH]2)ccc1F. The van der Waals surface area contributed by atoms with Crippen molar-refractivity contribution in [3.63, 3.8) is 0 Å². The lowest BCUT2D eigenvalue weighted by atomic mass is 10.1. The summed E-state index contributed by atoms with van der Waals surface area (Å²) in [6, 6.07) is 5.06. The number of halogens is 1. The Balaban J connectivity index is 2.26. The molecular formula is C14H18FN3. The molecule has 1 heterocycles. The Hall–Kier alpha value is -1.68. The summed E-state index contributed by atoms with van der Waals surface area (Å²) in [5.41, 5.74) is 8.04. The zero-order valence-corrected chi connectivity index (χ0v) is 10.7. The smallest absolute Gasteiger partial charge is 0.126 e. The maximum atomic E-state index is 13.2. The average molecular weight is 247 g/mol. The summed E-state index contributed by atoms with van der Waals surface area (Å²) in [6.45, 7) is 4.49. The fourth-order valence-electron chi connectivity index (χ4n) is 1.93. The topological polar surface area (TPSA) is 54.7 Å². The first-order chi connectivity index (χ1) is 8.61. The second-order valence-corrected chi connectivity index (χ2v) is 4.62. The van der Waals surface area contributed by atoms with Crippen LogP contribution in [0.4, 0.5) is 4.39 Å². The molecule has 96 valence electrons. The molecule has 0 saturated carbocycles. The van der Waals surface area contributed by atoms with E-state index in [0.717, 1.165) is 23.5 Å². The van der Waals surface area contributed by atoms with Crippen LogP contribution in [-0.4, -0.2) is 16.5 Å². The van der Waals surface area contributed by atoms with E-state index in [1.54, 1.807) is 19.2 Å². The minimum absolute atomic E-state index is 0.185. The van der Waals surface area contributed by atoms with E-state index in [1.165, 1.54) is 6.07 Å². The third-order valence-electron chi connectivity index (χ3n) is 3.13. The molecule has 1 aromatic heterocycles. The Kier molecular flexibility index (Phi) is 3.77. The largest absolute Gasteiger partial charge is 0.342 e. The van der Waals surface area contributed by atoms with Crippen LogP contribution in [-0.2, 0) is 0 Å². The van der Waals surface area contributed by atoms with Gasteiger partial charge in [0.05, 0.1) is 11.9 Å². The number of nitrogens with two attached hydrogens (primary N) is 1. The summed E-state index contributed by atoms with van der Waals surface area (Å²) in [7, 11) is 0. The highest BCUT2D eigenvalue weighted by molar-refractivity contribution is 5.59. The lowest BCUT2D eigenvalue weighted by molar-refractivity contribution is 0.618. The van der Waals surface area contributed by atoms with Gasteiger partial charge in [-0.15, -0.1) is 0 Å². The molecule has 1 aromatic carbocycles. The zero-order valence-electron chi connectivity index (χ0n) is 10.7. The molecule has 0 spiro atoms. The first-order valence-electron chi connectivity index (χ1n) is 6.13. The Bertz CT molecular complexity index is 534. The van der Waals surface area contributed by atoms with E-state index in [2.05, 4.69) is 16.9 Å². The number of rotatable bonds is 4. The molecule has 4 heteroatoms. The maximum Gasteiger partial charge on any atom is 0.126 e. The van der Waals surface area contributed by atoms with Crippen LogP contribution < -0.4 is 5.73 Å². The van der Waals surface area contributed by atoms with E-state index in [0.29, 0.717) is 18.0 Å². The van der Waals surface area contributed by atoms with Crippen LogP contribution in [0.25, 0.3) is 11.3 Å². The minimum Gasteiger partial charge on any atom is -0.342 e. The standard InChI is InChI=1S/C14H18FN3/c1-9(5-6-16)14-17-8-13(18-14)11-3-4-12(15)10(2)7-11/h3-4,7-9H,5-6,16H2,1-2H3,(H,17,18). The van der Waals surface area contributed by atoms with Crippen molar-refractivity contribution in [3.8, 4) is 11.3 Å². The fourth-order valence-corrected chi connectivity index (χ4v) is 1.93. The molecule has 2 aromatic rings. The molecule has 3 N–H and O–H groups in total. The van der Waals surface area contributed by atoms with Crippen LogP contribution in [0.1, 0.15) is 30.7 Å². The second-order valence-electron chi connectivity index (χ2n) is 4.62. The van der Waals surface area contributed by atoms with Gasteiger partial charge in [0.2, 0.25) is 0 Å². The van der Waals surface area contributed by atoms with Gasteiger partial charge in [-0.3, -0.25) is 0 Å². The van der Waals surface area contributed by atoms with Gasteiger partial charge in [-0.1, -0.05) is 6.92 Å². The third kappa shape index (κ3) is 2.59. The number of nitrogens with one attached hydrogen (secondary N) is 1. The molecular weight excluding hydrogens is 229 g/mol. The summed E-state index contributed by atoms with van der Waals surface area (Å²) in [5, 5.41) is 0. The normalized spacial score (nSPS) is 12.7. The van der Waals surface area contributed by atoms with Crippen molar-refractivity contribution in [1.82, 2.24) is 9.97 Å². The van der Waals surface area contributed by atoms with E-state index in [-0.39, 0.29) is 5.82 Å². The molecule has 0 saturated heterocycles. The summed E-state index contributed by atoms with van der Waals surface area (Å²) < 4.78 is 13.2. The maximum absolute atomic E-state index is 13.2. The molecule has 2 rings (SSSR count). The van der Waals surface area contributed by atoms with E-state index < -0.39 is 0 Å². The monoisotopic (exact) mass is 247 g/mol. The number of hydrogen-bond donors (Lipinski definition) is 2. The van der Waals surface area contributed by atoms with Gasteiger partial charge in [0.15, 0.2) is 0 Å². The van der Waals surface area contributed by atoms with E-state index in [9.17, 15) is 4.39 Å². The highest BCUT2D eigenvalue weighted by Gasteiger charge is 2.10. The van der Waals surface area contributed by atoms with Crippen molar-refractivity contribution in [2.75, 3.05) is 6.54 Å². The third-order valence-corrected chi connectivity index (χ3v) is 3.13. The predicted octanol–water partition coefficient (Wildman–Crippen LogP) is 2.98. The second kappa shape index (κ2) is 5.31. The van der Waals surface area contributed by atoms with E-state index >= 15 is 0 Å². The molecule has 18 heavy (non-hydrogen) atoms. The molecule has 0 amide bonds. The number of imidazole rings is 1. The molecule has 0 radical (unpaired) electrons. The first-order valence-corrected chi connectivity index (χ1v) is 6.13. The van der Waals surface area contributed by atoms with E-state index in [4.69, 9.17) is 5.73 Å². The highest BCUT2D eigenvalue weighted by atomic mass is 19.1. The van der Waals surface area contributed by atoms with Gasteiger partial charge < -0.3 is 10.7 Å². The molecule has 0 aliphatic rings. The molecule has 0 bridgehead atoms. The molecule has 1 atom stereocenters. The number of benzene rings is 1. The highest BCUT2D eigenvalue weighted by Crippen LogP contribution is 2.23. The summed E-state index contributed by atoms with van der Waals surface area (Å²) in [4.78, 5) is 7.63. The number of nitrogens with zero attached hydrogens (tertiary/aromatic N) is 1. The molecule has 0 aliphatic carbocycles. The fraction of sp³-hybridized carbons (Fsp3) is 0.357. The van der Waals surface area contributed by atoms with Crippen molar-refractivity contribution in [2.45, 2.75) is 26.2 Å². The average Bonchev–Trinajstić information content (AvgIpc) is 2.82. The Morgan fingerprint density at radius 3 is 2.89 bits per heavy atom. The number of aromatic amines is 1. The minimum atomic E-state index is -0.185. The van der Waals surface area contributed by atoms with Gasteiger partial charge in [0.1, 0.15) is 11.6 Å². The van der Waals surface area contributed by atoms with Crippen LogP contribution in [0.5, 0.6) is 0 Å². The zero-order chi connectivity index (χ0) is 13.1. The Morgan fingerprint density at radius 1 is 1.44 bits per heavy atom. The van der Waals surface area contributed by atoms with Crippen LogP contribution in [0.2, 0.25) is 0 Å². The van der Waals surface area contributed by atoms with Crippen molar-refractivity contribution in [1.29, 1.82) is 0 Å². The quantitative estimate of drug-likeness (QED) is 0.872. The van der Waals surface area contributed by atoms with Crippen molar-refractivity contribution < 1.29 is 4.39 Å². The van der Waals surface area contributed by atoms with Crippen molar-refractivity contribution in [2.24, 2.45) is 5.73 Å². The predicted molar refractivity (Wildman–Crippen MR) is 70.8 cm³/mol. The van der Waals surface area contributed by atoms with Crippen LogP contribution in [0.3, 0.4) is 0 Å². The first kappa shape index (κ1) is 12.8.